The Hall–Kier alpha value is -0.220. The molecular formula is C19H29NaO8. The van der Waals surface area contributed by atoms with Gasteiger partial charge in [0.2, 0.25) is 5.79 Å². The van der Waals surface area contributed by atoms with E-state index < -0.39 is 35.7 Å². The number of carbonyl (C=O) groups excluding carboxylic acids is 1. The van der Waals surface area contributed by atoms with Crippen molar-refractivity contribution in [1.29, 1.82) is 0 Å². The van der Waals surface area contributed by atoms with Crippen LogP contribution in [0.4, 0.5) is 0 Å². The maximum absolute atomic E-state index is 12.6. The summed E-state index contributed by atoms with van der Waals surface area (Å²) in [6.07, 6.45) is 1.84. The van der Waals surface area contributed by atoms with Crippen LogP contribution in [0.2, 0.25) is 0 Å². The molecule has 1 unspecified atom stereocenters. The van der Waals surface area contributed by atoms with Crippen molar-refractivity contribution in [2.24, 2.45) is 23.7 Å². The normalized spacial score (nSPS) is 46.7. The molecule has 5 rings (SSSR count). The summed E-state index contributed by atoms with van der Waals surface area (Å²) in [7, 11) is 0. The number of carboxylic acids is 1. The first-order chi connectivity index (χ1) is 12.8. The van der Waals surface area contributed by atoms with Crippen LogP contribution in [0, 0.1) is 23.7 Å². The summed E-state index contributed by atoms with van der Waals surface area (Å²) in [5, 5.41) is 8.74. The quantitative estimate of drug-likeness (QED) is 0.373. The number of hydrogen-bond acceptors (Lipinski definition) is 7. The van der Waals surface area contributed by atoms with Crippen LogP contribution < -0.4 is 29.6 Å². The first kappa shape index (κ1) is 22.5. The number of carbonyl (C=O) groups is 2. The third-order valence-electron chi connectivity index (χ3n) is 6.95. The molecule has 5 aliphatic rings. The van der Waals surface area contributed by atoms with Gasteiger partial charge in [-0.1, -0.05) is 13.8 Å². The third kappa shape index (κ3) is 3.55. The van der Waals surface area contributed by atoms with Crippen molar-refractivity contribution < 1.29 is 69.7 Å². The van der Waals surface area contributed by atoms with Crippen LogP contribution in [0.5, 0.6) is 0 Å². The second-order valence-electron chi connectivity index (χ2n) is 8.64. The molecule has 4 aliphatic heterocycles. The summed E-state index contributed by atoms with van der Waals surface area (Å²) in [5.41, 5.74) is -0.717. The smallest absolute Gasteiger partial charge is 1.00 e. The summed E-state index contributed by atoms with van der Waals surface area (Å²) in [5.74, 6) is -1.87. The monoisotopic (exact) mass is 408 g/mol. The molecule has 4 heterocycles. The molecule has 5 fully saturated rings. The van der Waals surface area contributed by atoms with E-state index >= 15 is 0 Å². The first-order valence-corrected chi connectivity index (χ1v) is 9.85. The minimum Gasteiger partial charge on any atom is -1.00 e. The molecule has 9 heteroatoms. The summed E-state index contributed by atoms with van der Waals surface area (Å²) < 4.78 is 17.5. The summed E-state index contributed by atoms with van der Waals surface area (Å²) in [4.78, 5) is 35.0. The Morgan fingerprint density at radius 2 is 1.93 bits per heavy atom. The van der Waals surface area contributed by atoms with Gasteiger partial charge in [-0.15, -0.1) is 0 Å². The zero-order chi connectivity index (χ0) is 19.4. The van der Waals surface area contributed by atoms with Gasteiger partial charge in [0, 0.05) is 12.3 Å². The van der Waals surface area contributed by atoms with Gasteiger partial charge in [0.15, 0.2) is 18.0 Å². The van der Waals surface area contributed by atoms with E-state index in [0.717, 1.165) is 19.3 Å². The van der Waals surface area contributed by atoms with E-state index in [2.05, 4.69) is 6.92 Å². The van der Waals surface area contributed by atoms with E-state index in [1.165, 1.54) is 0 Å². The van der Waals surface area contributed by atoms with Crippen LogP contribution in [0.25, 0.3) is 0 Å². The molecule has 8 nitrogen and oxygen atoms in total. The molecule has 0 aromatic heterocycles. The Kier molecular flexibility index (Phi) is 6.53. The Balaban J connectivity index is 0.00000150. The maximum atomic E-state index is 12.6. The summed E-state index contributed by atoms with van der Waals surface area (Å²) in [6.45, 7) is 5.86. The second-order valence-corrected chi connectivity index (χ2v) is 8.64. The average molecular weight is 408 g/mol. The zero-order valence-electron chi connectivity index (χ0n) is 18.0. The number of aliphatic carboxylic acids is 1. The van der Waals surface area contributed by atoms with Crippen LogP contribution in [0.15, 0.2) is 0 Å². The number of carboxylic acid groups (broad SMARTS) is 1. The van der Waals surface area contributed by atoms with E-state index in [-0.39, 0.29) is 61.8 Å². The molecule has 1 saturated carbocycles. The van der Waals surface area contributed by atoms with Crippen molar-refractivity contribution in [3.05, 3.63) is 0 Å². The largest absolute Gasteiger partial charge is 1.00 e. The van der Waals surface area contributed by atoms with Crippen molar-refractivity contribution >= 4 is 11.9 Å². The molecule has 0 aromatic carbocycles. The van der Waals surface area contributed by atoms with E-state index in [4.69, 9.17) is 29.1 Å². The van der Waals surface area contributed by atoms with E-state index in [0.29, 0.717) is 12.3 Å². The predicted molar refractivity (Wildman–Crippen MR) is 91.2 cm³/mol. The zero-order valence-corrected chi connectivity index (χ0v) is 19.0. The molecular weight excluding hydrogens is 379 g/mol. The molecule has 154 valence electrons. The summed E-state index contributed by atoms with van der Waals surface area (Å²) >= 11 is 0. The molecule has 28 heavy (non-hydrogen) atoms. The Morgan fingerprint density at radius 3 is 2.64 bits per heavy atom. The van der Waals surface area contributed by atoms with Crippen molar-refractivity contribution in [1.82, 2.24) is 0 Å². The van der Waals surface area contributed by atoms with Gasteiger partial charge in [-0.25, -0.2) is 14.6 Å². The van der Waals surface area contributed by atoms with Crippen molar-refractivity contribution in [2.75, 3.05) is 6.61 Å². The van der Waals surface area contributed by atoms with Gasteiger partial charge in [0.05, 0.1) is 6.42 Å². The van der Waals surface area contributed by atoms with Gasteiger partial charge >= 0.3 is 41.5 Å². The Bertz CT molecular complexity index is 635. The molecule has 1 N–H and O–H groups in total. The number of ether oxygens (including phenoxy) is 3. The number of rotatable bonds is 4. The first-order valence-electron chi connectivity index (χ1n) is 9.85. The van der Waals surface area contributed by atoms with Gasteiger partial charge in [-0.2, -0.15) is 0 Å². The third-order valence-corrected chi connectivity index (χ3v) is 6.95. The van der Waals surface area contributed by atoms with Gasteiger partial charge in [0.1, 0.15) is 6.61 Å². The maximum Gasteiger partial charge on any atom is 1.00 e. The topological polar surface area (TPSA) is 101 Å². The summed E-state index contributed by atoms with van der Waals surface area (Å²) in [6, 6.07) is 0. The van der Waals surface area contributed by atoms with Crippen LogP contribution >= 0.6 is 0 Å². The van der Waals surface area contributed by atoms with E-state index in [1.807, 2.05) is 13.8 Å². The molecule has 0 amide bonds. The fraction of sp³-hybridized carbons (Fsp3) is 0.895. The number of fused-ring (bicyclic) bond motifs is 2. The Labute approximate surface area is 188 Å². The van der Waals surface area contributed by atoms with E-state index in [1.54, 1.807) is 0 Å². The molecule has 4 saturated heterocycles. The second kappa shape index (κ2) is 8.13. The van der Waals surface area contributed by atoms with Crippen molar-refractivity contribution in [3.8, 4) is 0 Å². The van der Waals surface area contributed by atoms with Gasteiger partial charge in [0.25, 0.3) is 0 Å². The molecule has 0 radical (unpaired) electrons. The van der Waals surface area contributed by atoms with Crippen LogP contribution in [0.1, 0.15) is 54.3 Å². The number of hydrogen-bond donors (Lipinski definition) is 1. The molecule has 8 atom stereocenters. The van der Waals surface area contributed by atoms with E-state index in [9.17, 15) is 9.59 Å². The fourth-order valence-corrected chi connectivity index (χ4v) is 5.50. The van der Waals surface area contributed by atoms with Gasteiger partial charge in [-0.05, 0) is 43.9 Å². The van der Waals surface area contributed by atoms with Crippen LogP contribution in [0.3, 0.4) is 0 Å². The predicted octanol–water partition coefficient (Wildman–Crippen LogP) is -0.629. The van der Waals surface area contributed by atoms with Crippen molar-refractivity contribution in [2.45, 2.75) is 76.7 Å². The molecule has 2 bridgehead atoms. The van der Waals surface area contributed by atoms with Gasteiger partial charge < -0.3 is 20.7 Å². The van der Waals surface area contributed by atoms with Crippen LogP contribution in [-0.2, 0) is 33.6 Å². The average Bonchev–Trinajstić information content (AvgIpc) is 2.84. The molecule has 0 aromatic rings. The van der Waals surface area contributed by atoms with Crippen molar-refractivity contribution in [3.63, 3.8) is 0 Å². The Morgan fingerprint density at radius 1 is 1.18 bits per heavy atom. The number of esters is 1. The minimum atomic E-state index is -1.01. The van der Waals surface area contributed by atoms with Crippen LogP contribution in [-0.4, -0.2) is 47.4 Å². The molecule has 1 spiro atoms. The standard InChI is InChI=1S/C19H28O8.Na.H/c1-10-4-5-13-11(2)15(16(22)23-9-7-14(20)21)24-17-19(13)12(10)6-8-18(3,25-17)26-27-19;;/h10-13,15,17H,4-9H2,1-3H3,(H,20,21);;/q;+1;-1/t10-,11-,12+,13+,15-,17-,18+,19?;;/m1../s1. The molecule has 1 aliphatic carbocycles. The fourth-order valence-electron chi connectivity index (χ4n) is 5.50. The minimum absolute atomic E-state index is 0. The van der Waals surface area contributed by atoms with Gasteiger partial charge in [-0.3, -0.25) is 4.79 Å². The SMILES string of the molecule is C[C@H]1[C@H](C(=O)OCCC(=O)O)O[C@@H]2O[C@]3(C)CC[C@H]4[C@H](C)CC[C@@H]1C24OO3.[H-].[Na+].